The van der Waals surface area contributed by atoms with Crippen LogP contribution in [0, 0.1) is 0 Å². The molecule has 2 aliphatic rings. The molecule has 0 amide bonds. The largest absolute Gasteiger partial charge is 0.371 e. The highest BCUT2D eigenvalue weighted by Crippen LogP contribution is 2.30. The van der Waals surface area contributed by atoms with Crippen LogP contribution in [0.25, 0.3) is 5.70 Å². The molecule has 0 saturated carbocycles. The zero-order valence-electron chi connectivity index (χ0n) is 9.08. The Morgan fingerprint density at radius 2 is 1.80 bits per heavy atom. The maximum Gasteiger partial charge on any atom is 0.0402 e. The molecule has 0 radical (unpaired) electrons. The van der Waals surface area contributed by atoms with Gasteiger partial charge >= 0.3 is 0 Å². The highest BCUT2D eigenvalue weighted by atomic mass is 15.1. The van der Waals surface area contributed by atoms with Crippen molar-refractivity contribution in [2.24, 2.45) is 0 Å². The van der Waals surface area contributed by atoms with Gasteiger partial charge in [0.1, 0.15) is 0 Å². The number of hydrogen-bond donors (Lipinski definition) is 0. The number of aryl methyl sites for hydroxylation is 1. The molecular formula is C14H17N. The zero-order valence-corrected chi connectivity index (χ0v) is 9.08. The molecule has 0 N–H and O–H groups in total. The van der Waals surface area contributed by atoms with Crippen LogP contribution in [-0.2, 0) is 6.42 Å². The molecule has 1 nitrogen and oxygen atoms in total. The van der Waals surface area contributed by atoms with Crippen molar-refractivity contribution in [3.05, 3.63) is 41.5 Å². The van der Waals surface area contributed by atoms with Gasteiger partial charge in [0.05, 0.1) is 0 Å². The Balaban J connectivity index is 1.98. The van der Waals surface area contributed by atoms with E-state index in [-0.39, 0.29) is 0 Å². The second-order valence-corrected chi connectivity index (χ2v) is 4.48. The van der Waals surface area contributed by atoms with Crippen molar-refractivity contribution in [2.45, 2.75) is 25.7 Å². The summed E-state index contributed by atoms with van der Waals surface area (Å²) in [4.78, 5) is 2.55. The van der Waals surface area contributed by atoms with E-state index >= 15 is 0 Å². The summed E-state index contributed by atoms with van der Waals surface area (Å²) >= 11 is 0. The van der Waals surface area contributed by atoms with E-state index in [4.69, 9.17) is 0 Å². The molecule has 1 aliphatic carbocycles. The Morgan fingerprint density at radius 3 is 2.67 bits per heavy atom. The summed E-state index contributed by atoms with van der Waals surface area (Å²) in [7, 11) is 0. The minimum Gasteiger partial charge on any atom is -0.371 e. The van der Waals surface area contributed by atoms with Gasteiger partial charge in [-0.15, -0.1) is 0 Å². The molecule has 78 valence electrons. The van der Waals surface area contributed by atoms with Crippen molar-refractivity contribution in [1.82, 2.24) is 4.90 Å². The molecular weight excluding hydrogens is 182 g/mol. The number of likely N-dealkylation sites (tertiary alicyclic amines) is 1. The maximum absolute atomic E-state index is 2.55. The number of rotatable bonds is 1. The zero-order chi connectivity index (χ0) is 10.1. The predicted octanol–water partition coefficient (Wildman–Crippen LogP) is 3.07. The Labute approximate surface area is 91.4 Å². The summed E-state index contributed by atoms with van der Waals surface area (Å²) in [6.07, 6.45) is 7.57. The fourth-order valence-electron chi connectivity index (χ4n) is 2.72. The summed E-state index contributed by atoms with van der Waals surface area (Å²) in [5, 5.41) is 0. The second kappa shape index (κ2) is 3.73. The monoisotopic (exact) mass is 199 g/mol. The number of allylic oxidation sites excluding steroid dienone is 1. The van der Waals surface area contributed by atoms with Crippen LogP contribution in [0.1, 0.15) is 30.4 Å². The molecule has 1 heterocycles. The molecule has 15 heavy (non-hydrogen) atoms. The molecule has 1 heteroatoms. The van der Waals surface area contributed by atoms with Crippen molar-refractivity contribution < 1.29 is 0 Å². The number of fused-ring (bicyclic) bond motifs is 1. The van der Waals surface area contributed by atoms with E-state index in [2.05, 4.69) is 35.2 Å². The summed E-state index contributed by atoms with van der Waals surface area (Å²) in [6, 6.07) is 8.87. The van der Waals surface area contributed by atoms with Gasteiger partial charge in [0.15, 0.2) is 0 Å². The van der Waals surface area contributed by atoms with Crippen LogP contribution in [0.3, 0.4) is 0 Å². The molecule has 1 fully saturated rings. The van der Waals surface area contributed by atoms with Crippen molar-refractivity contribution in [2.75, 3.05) is 13.1 Å². The molecule has 0 bridgehead atoms. The van der Waals surface area contributed by atoms with E-state index in [0.29, 0.717) is 0 Å². The summed E-state index contributed by atoms with van der Waals surface area (Å²) < 4.78 is 0. The van der Waals surface area contributed by atoms with Crippen molar-refractivity contribution in [1.29, 1.82) is 0 Å². The first-order valence-corrected chi connectivity index (χ1v) is 5.98. The van der Waals surface area contributed by atoms with Gasteiger partial charge in [0.25, 0.3) is 0 Å². The van der Waals surface area contributed by atoms with Crippen molar-refractivity contribution >= 4 is 5.70 Å². The van der Waals surface area contributed by atoms with Crippen molar-refractivity contribution in [3.8, 4) is 0 Å². The average molecular weight is 199 g/mol. The normalized spacial score (nSPS) is 20.0. The Hall–Kier alpha value is -1.24. The first-order chi connectivity index (χ1) is 7.45. The van der Waals surface area contributed by atoms with Crippen LogP contribution in [-0.4, -0.2) is 18.0 Å². The topological polar surface area (TPSA) is 3.24 Å². The fourth-order valence-corrected chi connectivity index (χ4v) is 2.72. The molecule has 0 aromatic heterocycles. The molecule has 0 atom stereocenters. The van der Waals surface area contributed by atoms with E-state index < -0.39 is 0 Å². The van der Waals surface area contributed by atoms with Gasteiger partial charge in [-0.05, 0) is 31.2 Å². The minimum atomic E-state index is 1.21. The Bertz CT molecular complexity index is 386. The smallest absolute Gasteiger partial charge is 0.0402 e. The highest BCUT2D eigenvalue weighted by molar-refractivity contribution is 5.68. The third-order valence-electron chi connectivity index (χ3n) is 3.49. The van der Waals surface area contributed by atoms with E-state index in [1.165, 1.54) is 55.6 Å². The summed E-state index contributed by atoms with van der Waals surface area (Å²) in [5.74, 6) is 0. The molecule has 1 aromatic carbocycles. The van der Waals surface area contributed by atoms with E-state index in [1.54, 1.807) is 0 Å². The lowest BCUT2D eigenvalue weighted by molar-refractivity contribution is 0.489. The Kier molecular flexibility index (Phi) is 2.24. The lowest BCUT2D eigenvalue weighted by atomic mass is 9.94. The van der Waals surface area contributed by atoms with Gasteiger partial charge in [0, 0.05) is 24.4 Å². The average Bonchev–Trinajstić information content (AvgIpc) is 2.82. The third-order valence-corrected chi connectivity index (χ3v) is 3.49. The van der Waals surface area contributed by atoms with Gasteiger partial charge in [-0.3, -0.25) is 0 Å². The highest BCUT2D eigenvalue weighted by Gasteiger charge is 2.19. The SMILES string of the molecule is C1=C(N2CCCC2)c2ccccc2CC1. The maximum atomic E-state index is 2.55. The lowest BCUT2D eigenvalue weighted by Crippen LogP contribution is -2.20. The van der Waals surface area contributed by atoms with Crippen LogP contribution in [0.4, 0.5) is 0 Å². The number of nitrogens with zero attached hydrogens (tertiary/aromatic N) is 1. The van der Waals surface area contributed by atoms with E-state index in [9.17, 15) is 0 Å². The number of benzene rings is 1. The van der Waals surface area contributed by atoms with Crippen LogP contribution in [0.15, 0.2) is 30.3 Å². The molecule has 1 aromatic rings. The first kappa shape index (κ1) is 9.02. The van der Waals surface area contributed by atoms with Gasteiger partial charge in [0.2, 0.25) is 0 Å². The molecule has 1 aliphatic heterocycles. The van der Waals surface area contributed by atoms with Gasteiger partial charge in [-0.1, -0.05) is 30.3 Å². The Morgan fingerprint density at radius 1 is 1.00 bits per heavy atom. The lowest BCUT2D eigenvalue weighted by Gasteiger charge is -2.26. The number of hydrogen-bond acceptors (Lipinski definition) is 1. The first-order valence-electron chi connectivity index (χ1n) is 5.98. The molecule has 1 saturated heterocycles. The van der Waals surface area contributed by atoms with Gasteiger partial charge in [-0.25, -0.2) is 0 Å². The van der Waals surface area contributed by atoms with Crippen molar-refractivity contribution in [3.63, 3.8) is 0 Å². The van der Waals surface area contributed by atoms with Gasteiger partial charge < -0.3 is 4.90 Å². The third kappa shape index (κ3) is 1.56. The quantitative estimate of drug-likeness (QED) is 0.672. The molecule has 3 rings (SSSR count). The standard InChI is InChI=1S/C14H17N/c1-2-8-13-12(6-1)7-5-9-14(13)15-10-3-4-11-15/h1-2,6,8-9H,3-5,7,10-11H2. The van der Waals surface area contributed by atoms with Crippen LogP contribution < -0.4 is 0 Å². The minimum absolute atomic E-state index is 1.21. The summed E-state index contributed by atoms with van der Waals surface area (Å²) in [6.45, 7) is 2.50. The predicted molar refractivity (Wildman–Crippen MR) is 63.5 cm³/mol. The molecule has 0 unspecified atom stereocenters. The second-order valence-electron chi connectivity index (χ2n) is 4.48. The van der Waals surface area contributed by atoms with Crippen LogP contribution in [0.2, 0.25) is 0 Å². The molecule has 0 spiro atoms. The van der Waals surface area contributed by atoms with E-state index in [1.807, 2.05) is 0 Å². The fraction of sp³-hybridized carbons (Fsp3) is 0.429. The summed E-state index contributed by atoms with van der Waals surface area (Å²) in [5.41, 5.74) is 4.50. The van der Waals surface area contributed by atoms with Gasteiger partial charge in [-0.2, -0.15) is 0 Å². The van der Waals surface area contributed by atoms with Crippen LogP contribution in [0.5, 0.6) is 0 Å². The van der Waals surface area contributed by atoms with E-state index in [0.717, 1.165) is 0 Å². The van der Waals surface area contributed by atoms with Crippen LogP contribution >= 0.6 is 0 Å².